The lowest BCUT2D eigenvalue weighted by atomic mass is 10.0. The first-order chi connectivity index (χ1) is 12.5. The van der Waals surface area contributed by atoms with Crippen LogP contribution >= 0.6 is 0 Å². The molecule has 1 unspecified atom stereocenters. The van der Waals surface area contributed by atoms with Crippen LogP contribution in [0, 0.1) is 0 Å². The lowest BCUT2D eigenvalue weighted by Crippen LogP contribution is -2.53. The molecular weight excluding hydrogens is 336 g/mol. The molecule has 0 radical (unpaired) electrons. The average Bonchev–Trinajstić information content (AvgIpc) is 3.09. The predicted molar refractivity (Wildman–Crippen MR) is 94.0 cm³/mol. The van der Waals surface area contributed by atoms with E-state index in [-0.39, 0.29) is 24.0 Å². The van der Waals surface area contributed by atoms with Crippen molar-refractivity contribution < 1.29 is 14.3 Å². The van der Waals surface area contributed by atoms with Crippen LogP contribution in [0.5, 0.6) is 0 Å². The Balaban J connectivity index is 1.45. The molecule has 0 saturated carbocycles. The van der Waals surface area contributed by atoms with E-state index in [0.717, 1.165) is 26.1 Å². The van der Waals surface area contributed by atoms with Crippen molar-refractivity contribution in [3.8, 4) is 0 Å². The number of anilines is 1. The number of likely N-dealkylation sites (N-methyl/N-ethyl adjacent to an activating group) is 1. The molecule has 1 atom stereocenters. The third kappa shape index (κ3) is 3.36. The molecule has 1 aromatic rings. The molecule has 9 heteroatoms. The fourth-order valence-corrected chi connectivity index (χ4v) is 3.67. The van der Waals surface area contributed by atoms with Crippen molar-refractivity contribution in [3.05, 3.63) is 18.1 Å². The van der Waals surface area contributed by atoms with Crippen molar-refractivity contribution >= 4 is 17.6 Å². The van der Waals surface area contributed by atoms with Gasteiger partial charge in [0, 0.05) is 39.3 Å². The van der Waals surface area contributed by atoms with Crippen molar-refractivity contribution in [1.82, 2.24) is 25.1 Å². The number of ether oxygens (including phenoxy) is 1. The van der Waals surface area contributed by atoms with Crippen molar-refractivity contribution in [2.24, 2.45) is 0 Å². The van der Waals surface area contributed by atoms with Crippen LogP contribution in [0.1, 0.15) is 16.9 Å². The summed E-state index contributed by atoms with van der Waals surface area (Å²) >= 11 is 0. The van der Waals surface area contributed by atoms with Gasteiger partial charge in [0.05, 0.1) is 18.9 Å². The number of aromatic nitrogens is 2. The topological polar surface area (TPSA) is 90.9 Å². The summed E-state index contributed by atoms with van der Waals surface area (Å²) in [4.78, 5) is 39.0. The van der Waals surface area contributed by atoms with Gasteiger partial charge in [-0.3, -0.25) is 14.6 Å². The number of hydrogen-bond acceptors (Lipinski definition) is 7. The Morgan fingerprint density at radius 1 is 1.23 bits per heavy atom. The summed E-state index contributed by atoms with van der Waals surface area (Å²) in [5.74, 6) is 0.540. The van der Waals surface area contributed by atoms with E-state index < -0.39 is 0 Å². The zero-order valence-corrected chi connectivity index (χ0v) is 15.0. The minimum atomic E-state index is -0.368. The van der Waals surface area contributed by atoms with Gasteiger partial charge in [-0.15, -0.1) is 0 Å². The highest BCUT2D eigenvalue weighted by Gasteiger charge is 2.42. The molecule has 9 nitrogen and oxygen atoms in total. The maximum absolute atomic E-state index is 12.7. The fourth-order valence-electron chi connectivity index (χ4n) is 3.67. The van der Waals surface area contributed by atoms with Crippen LogP contribution in [0.25, 0.3) is 0 Å². The minimum Gasteiger partial charge on any atom is -0.361 e. The van der Waals surface area contributed by atoms with Gasteiger partial charge in [-0.2, -0.15) is 0 Å². The number of rotatable bonds is 2. The summed E-state index contributed by atoms with van der Waals surface area (Å²) in [5.41, 5.74) is 0.0124. The van der Waals surface area contributed by atoms with Crippen LogP contribution in [0.3, 0.4) is 0 Å². The highest BCUT2D eigenvalue weighted by atomic mass is 16.5. The molecule has 1 spiro atoms. The molecular formula is C17H24N6O3. The van der Waals surface area contributed by atoms with Crippen molar-refractivity contribution in [2.75, 3.05) is 64.4 Å². The standard InChI is InChI=1S/C17H24N6O3/c1-21-4-6-22(7-5-21)16(25)13-8-18-9-14(20-13)23-3-2-17(12-23)11-19-15(24)10-26-17/h8-9H,2-7,10-12H2,1H3,(H,19,24). The smallest absolute Gasteiger partial charge is 0.274 e. The zero-order chi connectivity index (χ0) is 18.1. The highest BCUT2D eigenvalue weighted by molar-refractivity contribution is 5.92. The van der Waals surface area contributed by atoms with Crippen LogP contribution in [0.4, 0.5) is 5.82 Å². The molecule has 2 amide bonds. The number of nitrogens with one attached hydrogen (secondary N) is 1. The van der Waals surface area contributed by atoms with E-state index in [1.54, 1.807) is 6.20 Å². The van der Waals surface area contributed by atoms with E-state index in [1.165, 1.54) is 6.20 Å². The van der Waals surface area contributed by atoms with Gasteiger partial charge in [-0.05, 0) is 13.5 Å². The number of carbonyl (C=O) groups excluding carboxylic acids is 2. The Kier molecular flexibility index (Phi) is 4.49. The molecule has 1 aromatic heterocycles. The summed E-state index contributed by atoms with van der Waals surface area (Å²) in [6, 6.07) is 0. The predicted octanol–water partition coefficient (Wildman–Crippen LogP) is -1.04. The first-order valence-corrected chi connectivity index (χ1v) is 9.00. The SMILES string of the molecule is CN1CCN(C(=O)c2cncc(N3CCC4(CNC(=O)CO4)C3)n2)CC1. The van der Waals surface area contributed by atoms with Crippen molar-refractivity contribution in [3.63, 3.8) is 0 Å². The third-order valence-corrected chi connectivity index (χ3v) is 5.39. The largest absolute Gasteiger partial charge is 0.361 e. The lowest BCUT2D eigenvalue weighted by Gasteiger charge is -2.33. The summed E-state index contributed by atoms with van der Waals surface area (Å²) in [5, 5.41) is 2.87. The van der Waals surface area contributed by atoms with E-state index in [9.17, 15) is 9.59 Å². The molecule has 0 aromatic carbocycles. The Bertz CT molecular complexity index is 693. The van der Waals surface area contributed by atoms with E-state index in [1.807, 2.05) is 4.90 Å². The minimum absolute atomic E-state index is 0.0671. The summed E-state index contributed by atoms with van der Waals surface area (Å²) in [6.45, 7) is 5.16. The zero-order valence-electron chi connectivity index (χ0n) is 15.0. The van der Waals surface area contributed by atoms with Gasteiger partial charge in [0.1, 0.15) is 23.7 Å². The van der Waals surface area contributed by atoms with Crippen LogP contribution in [-0.4, -0.2) is 96.7 Å². The molecule has 0 bridgehead atoms. The third-order valence-electron chi connectivity index (χ3n) is 5.39. The molecule has 140 valence electrons. The maximum atomic E-state index is 12.7. The van der Waals surface area contributed by atoms with Crippen LogP contribution in [-0.2, 0) is 9.53 Å². The van der Waals surface area contributed by atoms with Gasteiger partial charge in [0.25, 0.3) is 5.91 Å². The molecule has 3 aliphatic rings. The molecule has 0 aliphatic carbocycles. The number of amides is 2. The number of piperazine rings is 1. The number of nitrogens with zero attached hydrogens (tertiary/aromatic N) is 5. The summed E-state index contributed by atoms with van der Waals surface area (Å²) in [7, 11) is 2.06. The van der Waals surface area contributed by atoms with Crippen LogP contribution in [0.2, 0.25) is 0 Å². The lowest BCUT2D eigenvalue weighted by molar-refractivity contribution is -0.141. The normalized spacial score (nSPS) is 27.0. The molecule has 3 fully saturated rings. The van der Waals surface area contributed by atoms with Gasteiger partial charge >= 0.3 is 0 Å². The van der Waals surface area contributed by atoms with E-state index in [2.05, 4.69) is 32.1 Å². The highest BCUT2D eigenvalue weighted by Crippen LogP contribution is 2.29. The van der Waals surface area contributed by atoms with Crippen LogP contribution < -0.4 is 10.2 Å². The molecule has 4 heterocycles. The van der Waals surface area contributed by atoms with Crippen LogP contribution in [0.15, 0.2) is 12.4 Å². The average molecular weight is 360 g/mol. The second kappa shape index (κ2) is 6.81. The van der Waals surface area contributed by atoms with Gasteiger partial charge in [0.2, 0.25) is 5.91 Å². The van der Waals surface area contributed by atoms with Gasteiger partial charge < -0.3 is 24.8 Å². The fraction of sp³-hybridized carbons (Fsp3) is 0.647. The quantitative estimate of drug-likeness (QED) is 0.720. The van der Waals surface area contributed by atoms with Gasteiger partial charge in [-0.25, -0.2) is 4.98 Å². The Hall–Kier alpha value is -2.26. The summed E-state index contributed by atoms with van der Waals surface area (Å²) < 4.78 is 5.79. The number of hydrogen-bond donors (Lipinski definition) is 1. The first-order valence-electron chi connectivity index (χ1n) is 9.00. The Morgan fingerprint density at radius 2 is 2.04 bits per heavy atom. The molecule has 26 heavy (non-hydrogen) atoms. The Morgan fingerprint density at radius 3 is 2.77 bits per heavy atom. The Labute approximate surface area is 152 Å². The van der Waals surface area contributed by atoms with E-state index in [4.69, 9.17) is 4.74 Å². The second-order valence-electron chi connectivity index (χ2n) is 7.28. The molecule has 3 saturated heterocycles. The molecule has 1 N–H and O–H groups in total. The van der Waals surface area contributed by atoms with Gasteiger partial charge in [-0.1, -0.05) is 0 Å². The van der Waals surface area contributed by atoms with E-state index >= 15 is 0 Å². The molecule has 4 rings (SSSR count). The number of carbonyl (C=O) groups is 2. The number of morpholine rings is 1. The van der Waals surface area contributed by atoms with Crippen molar-refractivity contribution in [2.45, 2.75) is 12.0 Å². The first kappa shape index (κ1) is 17.2. The van der Waals surface area contributed by atoms with Crippen molar-refractivity contribution in [1.29, 1.82) is 0 Å². The monoisotopic (exact) mass is 360 g/mol. The maximum Gasteiger partial charge on any atom is 0.274 e. The van der Waals surface area contributed by atoms with E-state index in [0.29, 0.717) is 37.7 Å². The second-order valence-corrected chi connectivity index (χ2v) is 7.28. The summed E-state index contributed by atoms with van der Waals surface area (Å²) in [6.07, 6.45) is 4.03. The van der Waals surface area contributed by atoms with Gasteiger partial charge in [0.15, 0.2) is 0 Å². The molecule has 3 aliphatic heterocycles.